The molecule has 0 unspecified atom stereocenters. The van der Waals surface area contributed by atoms with Crippen LogP contribution in [-0.4, -0.2) is 34.2 Å². The van der Waals surface area contributed by atoms with Crippen molar-refractivity contribution in [3.63, 3.8) is 0 Å². The highest BCUT2D eigenvalue weighted by atomic mass is 16.5. The summed E-state index contributed by atoms with van der Waals surface area (Å²) >= 11 is 0. The second kappa shape index (κ2) is 4.62. The van der Waals surface area contributed by atoms with Gasteiger partial charge in [-0.15, -0.1) is 0 Å². The maximum absolute atomic E-state index is 9.20. The largest absolute Gasteiger partial charge is 0.396 e. The Balaban J connectivity index is 3.69. The summed E-state index contributed by atoms with van der Waals surface area (Å²) in [6.07, 6.45) is -0.713. The van der Waals surface area contributed by atoms with E-state index in [9.17, 15) is 5.11 Å². The molecular weight excluding hydrogens is 134 g/mol. The van der Waals surface area contributed by atoms with Crippen molar-refractivity contribution >= 4 is 0 Å². The molecule has 0 saturated heterocycles. The maximum Gasteiger partial charge on any atom is 0.0760 e. The topological polar surface area (TPSA) is 72.7 Å². The molecule has 0 fully saturated rings. The van der Waals surface area contributed by atoms with Crippen LogP contribution in [-0.2, 0) is 0 Å². The quantitative estimate of drug-likeness (QED) is 0.400. The van der Waals surface area contributed by atoms with Gasteiger partial charge >= 0.3 is 0 Å². The fourth-order valence-electron chi connectivity index (χ4n) is 0.677. The molecule has 4 N–H and O–H groups in total. The Bertz CT molecular complexity index is 79.1. The van der Waals surface area contributed by atoms with Crippen LogP contribution in [0.5, 0.6) is 0 Å². The van der Waals surface area contributed by atoms with Crippen LogP contribution in [0.15, 0.2) is 0 Å². The third kappa shape index (κ3) is 2.62. The molecule has 62 valence electrons. The fraction of sp³-hybridized carbons (Fsp3) is 1.00. The first-order valence-electron chi connectivity index (χ1n) is 3.32. The first-order chi connectivity index (χ1) is 4.63. The zero-order valence-electron chi connectivity index (χ0n) is 6.28. The number of nitrogens with one attached hydrogen (secondary N) is 1. The number of aliphatic hydroxyl groups is 2. The van der Waals surface area contributed by atoms with Crippen molar-refractivity contribution in [3.05, 3.63) is 0 Å². The van der Waals surface area contributed by atoms with Gasteiger partial charge in [0.25, 0.3) is 0 Å². The van der Waals surface area contributed by atoms with E-state index < -0.39 is 12.1 Å². The van der Waals surface area contributed by atoms with Gasteiger partial charge in [-0.3, -0.25) is 0 Å². The molecule has 0 radical (unpaired) electrons. The molecule has 4 nitrogen and oxygen atoms in total. The molecule has 0 aromatic heterocycles. The lowest BCUT2D eigenvalue weighted by Gasteiger charge is -2.21. The molecule has 0 saturated carbocycles. The average Bonchev–Trinajstić information content (AvgIpc) is 2.00. The number of hydroxylamine groups is 1. The lowest BCUT2D eigenvalue weighted by molar-refractivity contribution is 0.00416. The first kappa shape index (κ1) is 9.84. The van der Waals surface area contributed by atoms with Crippen LogP contribution >= 0.6 is 0 Å². The zero-order chi connectivity index (χ0) is 8.15. The van der Waals surface area contributed by atoms with Gasteiger partial charge in [-0.05, 0) is 6.92 Å². The second-order valence-corrected chi connectivity index (χ2v) is 2.57. The summed E-state index contributed by atoms with van der Waals surface area (Å²) in [5, 5.41) is 26.1. The highest BCUT2D eigenvalue weighted by Crippen LogP contribution is 2.05. The minimum atomic E-state index is -0.713. The SMILES string of the molecule is C[C@H](CO)[C@@H](O)[C@H](C)NO. The molecule has 10 heavy (non-hydrogen) atoms. The second-order valence-electron chi connectivity index (χ2n) is 2.57. The molecule has 0 aliphatic rings. The molecule has 0 bridgehead atoms. The Morgan fingerprint density at radius 2 is 1.90 bits per heavy atom. The smallest absolute Gasteiger partial charge is 0.0760 e. The van der Waals surface area contributed by atoms with Gasteiger partial charge in [-0.2, -0.15) is 0 Å². The number of aliphatic hydroxyl groups excluding tert-OH is 2. The number of hydrogen-bond donors (Lipinski definition) is 4. The predicted octanol–water partition coefficient (Wildman–Crippen LogP) is -0.657. The number of hydrogen-bond acceptors (Lipinski definition) is 4. The molecule has 0 aliphatic heterocycles. The average molecular weight is 149 g/mol. The van der Waals surface area contributed by atoms with Crippen LogP contribution in [0.4, 0.5) is 0 Å². The highest BCUT2D eigenvalue weighted by Gasteiger charge is 2.19. The third-order valence-electron chi connectivity index (χ3n) is 1.59. The van der Waals surface area contributed by atoms with Crippen LogP contribution in [0.2, 0.25) is 0 Å². The van der Waals surface area contributed by atoms with Gasteiger partial charge in [-0.1, -0.05) is 6.92 Å². The molecule has 3 atom stereocenters. The van der Waals surface area contributed by atoms with E-state index in [1.807, 2.05) is 5.48 Å². The summed E-state index contributed by atoms with van der Waals surface area (Å²) in [5.41, 5.74) is 1.92. The molecule has 0 aliphatic carbocycles. The van der Waals surface area contributed by atoms with Gasteiger partial charge in [0.15, 0.2) is 0 Å². The fourth-order valence-corrected chi connectivity index (χ4v) is 0.677. The van der Waals surface area contributed by atoms with E-state index in [2.05, 4.69) is 0 Å². The lowest BCUT2D eigenvalue weighted by atomic mass is 10.0. The van der Waals surface area contributed by atoms with Crippen molar-refractivity contribution in [2.75, 3.05) is 6.61 Å². The molecule has 0 aromatic rings. The molecule has 0 amide bonds. The third-order valence-corrected chi connectivity index (χ3v) is 1.59. The predicted molar refractivity (Wildman–Crippen MR) is 36.6 cm³/mol. The van der Waals surface area contributed by atoms with E-state index in [0.717, 1.165) is 0 Å². The van der Waals surface area contributed by atoms with E-state index in [4.69, 9.17) is 10.3 Å². The van der Waals surface area contributed by atoms with E-state index in [1.54, 1.807) is 13.8 Å². The van der Waals surface area contributed by atoms with Crippen molar-refractivity contribution in [1.29, 1.82) is 0 Å². The van der Waals surface area contributed by atoms with Crippen LogP contribution in [0.25, 0.3) is 0 Å². The normalized spacial score (nSPS) is 20.1. The van der Waals surface area contributed by atoms with Crippen molar-refractivity contribution < 1.29 is 15.4 Å². The van der Waals surface area contributed by atoms with Gasteiger partial charge in [0.05, 0.1) is 12.1 Å². The maximum atomic E-state index is 9.20. The van der Waals surface area contributed by atoms with Crippen LogP contribution in [0.3, 0.4) is 0 Å². The van der Waals surface area contributed by atoms with Crippen molar-refractivity contribution in [3.8, 4) is 0 Å². The van der Waals surface area contributed by atoms with E-state index in [-0.39, 0.29) is 12.5 Å². The molecule has 0 rings (SSSR count). The van der Waals surface area contributed by atoms with Gasteiger partial charge in [-0.25, -0.2) is 5.48 Å². The summed E-state index contributed by atoms with van der Waals surface area (Å²) in [5.74, 6) is -0.213. The van der Waals surface area contributed by atoms with Gasteiger partial charge in [0.2, 0.25) is 0 Å². The summed E-state index contributed by atoms with van der Waals surface area (Å²) < 4.78 is 0. The zero-order valence-corrected chi connectivity index (χ0v) is 6.28. The number of rotatable bonds is 4. The Kier molecular flexibility index (Phi) is 4.55. The Hall–Kier alpha value is -0.160. The van der Waals surface area contributed by atoms with Crippen LogP contribution < -0.4 is 5.48 Å². The van der Waals surface area contributed by atoms with Crippen LogP contribution in [0.1, 0.15) is 13.8 Å². The van der Waals surface area contributed by atoms with E-state index >= 15 is 0 Å². The first-order valence-corrected chi connectivity index (χ1v) is 3.32. The van der Waals surface area contributed by atoms with Crippen LogP contribution in [0, 0.1) is 5.92 Å². The summed E-state index contributed by atoms with van der Waals surface area (Å²) in [4.78, 5) is 0. The van der Waals surface area contributed by atoms with Gasteiger partial charge in [0.1, 0.15) is 0 Å². The highest BCUT2D eigenvalue weighted by molar-refractivity contribution is 4.72. The molecule has 0 spiro atoms. The Morgan fingerprint density at radius 1 is 1.40 bits per heavy atom. The molecule has 4 heteroatoms. The minimum absolute atomic E-state index is 0.0762. The monoisotopic (exact) mass is 149 g/mol. The van der Waals surface area contributed by atoms with E-state index in [1.165, 1.54) is 0 Å². The van der Waals surface area contributed by atoms with Crippen molar-refractivity contribution in [1.82, 2.24) is 5.48 Å². The van der Waals surface area contributed by atoms with Crippen molar-refractivity contribution in [2.24, 2.45) is 5.92 Å². The van der Waals surface area contributed by atoms with E-state index in [0.29, 0.717) is 0 Å². The summed E-state index contributed by atoms with van der Waals surface area (Å²) in [6, 6.07) is -0.401. The van der Waals surface area contributed by atoms with Gasteiger partial charge in [0, 0.05) is 12.5 Å². The summed E-state index contributed by atoms with van der Waals surface area (Å²) in [6.45, 7) is 3.27. The molecular formula is C6H15NO3. The summed E-state index contributed by atoms with van der Waals surface area (Å²) in [7, 11) is 0. The Labute approximate surface area is 60.5 Å². The lowest BCUT2D eigenvalue weighted by Crippen LogP contribution is -2.40. The van der Waals surface area contributed by atoms with Gasteiger partial charge < -0.3 is 15.4 Å². The molecule has 0 aromatic carbocycles. The molecule has 0 heterocycles. The minimum Gasteiger partial charge on any atom is -0.396 e. The Morgan fingerprint density at radius 3 is 2.20 bits per heavy atom. The van der Waals surface area contributed by atoms with Crippen molar-refractivity contribution in [2.45, 2.75) is 26.0 Å². The standard InChI is InChI=1S/C6H15NO3/c1-4(3-8)6(9)5(2)7-10/h4-10H,3H2,1-2H3/t4-,5+,6-/m1/s1.